The number of aromatic nitrogens is 2. The van der Waals surface area contributed by atoms with E-state index < -0.39 is 0 Å². The van der Waals surface area contributed by atoms with Crippen molar-refractivity contribution < 1.29 is 0 Å². The molecule has 2 rings (SSSR count). The number of benzene rings is 1. The summed E-state index contributed by atoms with van der Waals surface area (Å²) in [4.78, 5) is 8.91. The lowest BCUT2D eigenvalue weighted by Gasteiger charge is -2.10. The summed E-state index contributed by atoms with van der Waals surface area (Å²) in [7, 11) is 0. The number of nitrogens with zero attached hydrogens (tertiary/aromatic N) is 2. The first-order chi connectivity index (χ1) is 8.49. The molecule has 2 N–H and O–H groups in total. The van der Waals surface area contributed by atoms with Crippen LogP contribution in [0, 0.1) is 13.8 Å². The number of nitrogens with two attached hydrogens (primary N) is 1. The molecule has 1 atom stereocenters. The summed E-state index contributed by atoms with van der Waals surface area (Å²) < 4.78 is 1.07. The van der Waals surface area contributed by atoms with Crippen molar-refractivity contribution in [2.45, 2.75) is 26.8 Å². The molecule has 0 aliphatic rings. The summed E-state index contributed by atoms with van der Waals surface area (Å²) in [5.41, 5.74) is 9.99. The Kier molecular flexibility index (Phi) is 3.78. The standard InChI is InChI=1S/C14H16BrN3/c1-8-4-5-11(6-13(8)15)14-17-7-12(9(2)16)10(3)18-14/h4-7,9H,16H2,1-3H3/t9-/m1/s1. The van der Waals surface area contributed by atoms with Crippen molar-refractivity contribution >= 4 is 15.9 Å². The van der Waals surface area contributed by atoms with Crippen molar-refractivity contribution in [1.82, 2.24) is 9.97 Å². The Balaban J connectivity index is 2.45. The molecule has 0 radical (unpaired) electrons. The molecule has 1 aromatic heterocycles. The number of hydrogen-bond donors (Lipinski definition) is 1. The molecule has 0 saturated carbocycles. The van der Waals surface area contributed by atoms with Crippen LogP contribution in [0.3, 0.4) is 0 Å². The Bertz CT molecular complexity index is 579. The summed E-state index contributed by atoms with van der Waals surface area (Å²) >= 11 is 3.52. The lowest BCUT2D eigenvalue weighted by atomic mass is 10.1. The Morgan fingerprint density at radius 2 is 2.00 bits per heavy atom. The van der Waals surface area contributed by atoms with Crippen LogP contribution in [-0.2, 0) is 0 Å². The van der Waals surface area contributed by atoms with Gasteiger partial charge in [-0.15, -0.1) is 0 Å². The van der Waals surface area contributed by atoms with Crippen molar-refractivity contribution in [3.8, 4) is 11.4 Å². The van der Waals surface area contributed by atoms with Crippen molar-refractivity contribution in [2.75, 3.05) is 0 Å². The first-order valence-corrected chi connectivity index (χ1v) is 6.64. The lowest BCUT2D eigenvalue weighted by Crippen LogP contribution is -2.09. The van der Waals surface area contributed by atoms with Crippen LogP contribution in [0.4, 0.5) is 0 Å². The number of rotatable bonds is 2. The Morgan fingerprint density at radius 1 is 1.28 bits per heavy atom. The van der Waals surface area contributed by atoms with Crippen LogP contribution in [-0.4, -0.2) is 9.97 Å². The smallest absolute Gasteiger partial charge is 0.159 e. The molecule has 0 saturated heterocycles. The van der Waals surface area contributed by atoms with Crippen LogP contribution in [0.25, 0.3) is 11.4 Å². The van der Waals surface area contributed by atoms with Crippen LogP contribution in [0.5, 0.6) is 0 Å². The van der Waals surface area contributed by atoms with E-state index in [2.05, 4.69) is 38.9 Å². The van der Waals surface area contributed by atoms with Gasteiger partial charge in [-0.2, -0.15) is 0 Å². The predicted molar refractivity (Wildman–Crippen MR) is 77.2 cm³/mol. The molecule has 18 heavy (non-hydrogen) atoms. The van der Waals surface area contributed by atoms with E-state index in [9.17, 15) is 0 Å². The van der Waals surface area contributed by atoms with E-state index in [1.165, 1.54) is 5.56 Å². The highest BCUT2D eigenvalue weighted by Gasteiger charge is 2.09. The second-order valence-electron chi connectivity index (χ2n) is 4.49. The minimum absolute atomic E-state index is 0.0381. The SMILES string of the molecule is Cc1ccc(-c2ncc([C@@H](C)N)c(C)n2)cc1Br. The summed E-state index contributed by atoms with van der Waals surface area (Å²) in [5.74, 6) is 0.734. The molecule has 0 aliphatic carbocycles. The predicted octanol–water partition coefficient (Wildman–Crippen LogP) is 3.54. The Labute approximate surface area is 116 Å². The quantitative estimate of drug-likeness (QED) is 0.923. The van der Waals surface area contributed by atoms with Crippen LogP contribution in [0.2, 0.25) is 0 Å². The second-order valence-corrected chi connectivity index (χ2v) is 5.34. The molecule has 1 heterocycles. The van der Waals surface area contributed by atoms with Gasteiger partial charge in [-0.1, -0.05) is 28.1 Å². The van der Waals surface area contributed by atoms with E-state index in [1.54, 1.807) is 0 Å². The van der Waals surface area contributed by atoms with Gasteiger partial charge in [0.1, 0.15) is 0 Å². The lowest BCUT2D eigenvalue weighted by molar-refractivity contribution is 0.790. The van der Waals surface area contributed by atoms with Gasteiger partial charge in [0.2, 0.25) is 0 Å². The molecule has 0 fully saturated rings. The summed E-state index contributed by atoms with van der Waals surface area (Å²) in [6.45, 7) is 5.96. The van der Waals surface area contributed by atoms with Crippen LogP contribution >= 0.6 is 15.9 Å². The minimum Gasteiger partial charge on any atom is -0.324 e. The van der Waals surface area contributed by atoms with E-state index >= 15 is 0 Å². The number of aryl methyl sites for hydroxylation is 2. The fourth-order valence-electron chi connectivity index (χ4n) is 1.79. The average molecular weight is 306 g/mol. The molecule has 3 nitrogen and oxygen atoms in total. The van der Waals surface area contributed by atoms with Crippen molar-refractivity contribution in [3.05, 3.63) is 45.7 Å². The van der Waals surface area contributed by atoms with E-state index in [0.717, 1.165) is 27.1 Å². The van der Waals surface area contributed by atoms with E-state index in [0.29, 0.717) is 0 Å². The highest BCUT2D eigenvalue weighted by molar-refractivity contribution is 9.10. The molecule has 1 aromatic carbocycles. The zero-order valence-corrected chi connectivity index (χ0v) is 12.3. The first-order valence-electron chi connectivity index (χ1n) is 5.84. The summed E-state index contributed by atoms with van der Waals surface area (Å²) in [6.07, 6.45) is 1.82. The van der Waals surface area contributed by atoms with Crippen LogP contribution in [0.15, 0.2) is 28.9 Å². The topological polar surface area (TPSA) is 51.8 Å². The molecular weight excluding hydrogens is 290 g/mol. The maximum atomic E-state index is 5.86. The van der Waals surface area contributed by atoms with Gasteiger partial charge in [-0.25, -0.2) is 9.97 Å². The molecule has 0 bridgehead atoms. The summed E-state index contributed by atoms with van der Waals surface area (Å²) in [5, 5.41) is 0. The van der Waals surface area contributed by atoms with Gasteiger partial charge in [0.15, 0.2) is 5.82 Å². The van der Waals surface area contributed by atoms with Crippen LogP contribution < -0.4 is 5.73 Å². The number of hydrogen-bond acceptors (Lipinski definition) is 3. The monoisotopic (exact) mass is 305 g/mol. The maximum Gasteiger partial charge on any atom is 0.159 e. The molecule has 4 heteroatoms. The zero-order chi connectivity index (χ0) is 13.3. The fraction of sp³-hybridized carbons (Fsp3) is 0.286. The van der Waals surface area contributed by atoms with Gasteiger partial charge >= 0.3 is 0 Å². The Hall–Kier alpha value is -1.26. The largest absolute Gasteiger partial charge is 0.324 e. The Morgan fingerprint density at radius 3 is 2.56 bits per heavy atom. The highest BCUT2D eigenvalue weighted by Crippen LogP contribution is 2.24. The molecule has 94 valence electrons. The molecule has 0 unspecified atom stereocenters. The molecule has 0 spiro atoms. The molecule has 0 amide bonds. The normalized spacial score (nSPS) is 12.5. The van der Waals surface area contributed by atoms with E-state index in [-0.39, 0.29) is 6.04 Å². The third kappa shape index (κ3) is 2.60. The van der Waals surface area contributed by atoms with Crippen molar-refractivity contribution in [2.24, 2.45) is 5.73 Å². The third-order valence-corrected chi connectivity index (χ3v) is 3.79. The van der Waals surface area contributed by atoms with Gasteiger partial charge < -0.3 is 5.73 Å². The van der Waals surface area contributed by atoms with E-state index in [4.69, 9.17) is 5.73 Å². The van der Waals surface area contributed by atoms with Gasteiger partial charge in [0, 0.05) is 33.5 Å². The van der Waals surface area contributed by atoms with Gasteiger partial charge in [0.25, 0.3) is 0 Å². The maximum absolute atomic E-state index is 5.86. The minimum atomic E-state index is -0.0381. The number of halogens is 1. The average Bonchev–Trinajstić information content (AvgIpc) is 2.32. The van der Waals surface area contributed by atoms with Crippen molar-refractivity contribution in [1.29, 1.82) is 0 Å². The van der Waals surface area contributed by atoms with Gasteiger partial charge in [-0.3, -0.25) is 0 Å². The van der Waals surface area contributed by atoms with Gasteiger partial charge in [-0.05, 0) is 32.4 Å². The van der Waals surface area contributed by atoms with Gasteiger partial charge in [0.05, 0.1) is 0 Å². The van der Waals surface area contributed by atoms with Crippen LogP contribution in [0.1, 0.15) is 29.8 Å². The third-order valence-electron chi connectivity index (χ3n) is 2.94. The fourth-order valence-corrected chi connectivity index (χ4v) is 2.17. The highest BCUT2D eigenvalue weighted by atomic mass is 79.9. The second kappa shape index (κ2) is 5.16. The zero-order valence-electron chi connectivity index (χ0n) is 10.7. The van der Waals surface area contributed by atoms with Crippen molar-refractivity contribution in [3.63, 3.8) is 0 Å². The first kappa shape index (κ1) is 13.2. The molecule has 2 aromatic rings. The van der Waals surface area contributed by atoms with E-state index in [1.807, 2.05) is 32.2 Å². The molecular formula is C14H16BrN3. The molecule has 0 aliphatic heterocycles. The summed E-state index contributed by atoms with van der Waals surface area (Å²) in [6, 6.07) is 6.08.